The van der Waals surface area contributed by atoms with Crippen molar-refractivity contribution >= 4 is 11.8 Å². The van der Waals surface area contributed by atoms with Crippen molar-refractivity contribution in [2.45, 2.75) is 25.4 Å². The fourth-order valence-corrected chi connectivity index (χ4v) is 3.76. The van der Waals surface area contributed by atoms with E-state index >= 15 is 0 Å². The first-order valence-electron chi connectivity index (χ1n) is 10.5. The number of carbonyl (C=O) groups excluding carboxylic acids is 2. The molecule has 1 heterocycles. The summed E-state index contributed by atoms with van der Waals surface area (Å²) in [6.45, 7) is 2.13. The van der Waals surface area contributed by atoms with E-state index < -0.39 is 5.97 Å². The average Bonchev–Trinajstić information content (AvgIpc) is 3.25. The van der Waals surface area contributed by atoms with Crippen LogP contribution >= 0.6 is 0 Å². The van der Waals surface area contributed by atoms with E-state index in [2.05, 4.69) is 4.90 Å². The molecule has 1 saturated heterocycles. The van der Waals surface area contributed by atoms with Crippen LogP contribution in [0.2, 0.25) is 0 Å². The van der Waals surface area contributed by atoms with Gasteiger partial charge in [0.15, 0.2) is 17.3 Å². The number of ether oxygens (including phenoxy) is 4. The molecule has 32 heavy (non-hydrogen) atoms. The molecule has 1 aliphatic rings. The Hall–Kier alpha value is -3.13. The summed E-state index contributed by atoms with van der Waals surface area (Å²) in [7, 11) is 4.48. The standard InChI is InChI=1S/C24H28FNO6/c1-29-21-13-17(14-22(30-2)23(21)31-3)24(28)32-19-10-12-26(15-19)11-4-5-20(27)16-6-8-18(25)9-7-16/h6-9,13-14,19H,4-5,10-12,15H2,1-3H3/t19-/m1/s1. The number of hydrogen-bond donors (Lipinski definition) is 0. The number of ketones is 1. The zero-order valence-electron chi connectivity index (χ0n) is 18.6. The van der Waals surface area contributed by atoms with Crippen LogP contribution in [0.5, 0.6) is 17.2 Å². The molecule has 3 rings (SSSR count). The molecular formula is C24H28FNO6. The van der Waals surface area contributed by atoms with Crippen LogP contribution in [0.15, 0.2) is 36.4 Å². The zero-order chi connectivity index (χ0) is 23.1. The maximum Gasteiger partial charge on any atom is 0.338 e. The molecule has 1 fully saturated rings. The molecule has 172 valence electrons. The molecule has 1 aliphatic heterocycles. The van der Waals surface area contributed by atoms with Gasteiger partial charge >= 0.3 is 5.97 Å². The van der Waals surface area contributed by atoms with Crippen LogP contribution < -0.4 is 14.2 Å². The topological polar surface area (TPSA) is 74.3 Å². The molecule has 0 aromatic heterocycles. The SMILES string of the molecule is COc1cc(C(=O)O[C@@H]2CCN(CCCC(=O)c3ccc(F)cc3)C2)cc(OC)c1OC. The van der Waals surface area contributed by atoms with Crippen LogP contribution in [0.1, 0.15) is 40.0 Å². The maximum atomic E-state index is 13.0. The molecule has 0 spiro atoms. The summed E-state index contributed by atoms with van der Waals surface area (Å²) < 4.78 is 34.5. The molecule has 0 bridgehead atoms. The maximum absolute atomic E-state index is 13.0. The number of carbonyl (C=O) groups is 2. The van der Waals surface area contributed by atoms with Gasteiger partial charge in [0.1, 0.15) is 11.9 Å². The first kappa shape index (κ1) is 23.5. The van der Waals surface area contributed by atoms with Gasteiger partial charge in [0.25, 0.3) is 0 Å². The second-order valence-electron chi connectivity index (χ2n) is 7.56. The number of Topliss-reactive ketones (excluding diaryl/α,β-unsaturated/α-hetero) is 1. The van der Waals surface area contributed by atoms with Crippen LogP contribution in [0.25, 0.3) is 0 Å². The van der Waals surface area contributed by atoms with E-state index in [1.807, 2.05) is 0 Å². The molecule has 2 aromatic rings. The zero-order valence-corrected chi connectivity index (χ0v) is 18.6. The quantitative estimate of drug-likeness (QED) is 0.407. The van der Waals surface area contributed by atoms with Gasteiger partial charge in [-0.1, -0.05) is 0 Å². The van der Waals surface area contributed by atoms with Crippen LogP contribution in [-0.2, 0) is 4.74 Å². The first-order valence-corrected chi connectivity index (χ1v) is 10.5. The average molecular weight is 445 g/mol. The molecule has 0 aliphatic carbocycles. The van der Waals surface area contributed by atoms with Gasteiger partial charge in [-0.25, -0.2) is 9.18 Å². The van der Waals surface area contributed by atoms with Crippen molar-refractivity contribution in [3.63, 3.8) is 0 Å². The Morgan fingerprint density at radius 1 is 1.00 bits per heavy atom. The highest BCUT2D eigenvalue weighted by Crippen LogP contribution is 2.38. The third kappa shape index (κ3) is 5.76. The third-order valence-electron chi connectivity index (χ3n) is 5.45. The molecule has 8 heteroatoms. The smallest absolute Gasteiger partial charge is 0.338 e. The van der Waals surface area contributed by atoms with Crippen LogP contribution in [-0.4, -0.2) is 63.7 Å². The molecule has 0 amide bonds. The summed E-state index contributed by atoms with van der Waals surface area (Å²) >= 11 is 0. The number of benzene rings is 2. The summed E-state index contributed by atoms with van der Waals surface area (Å²) in [5, 5.41) is 0. The summed E-state index contributed by atoms with van der Waals surface area (Å²) in [4.78, 5) is 27.0. The van der Waals surface area contributed by atoms with Gasteiger partial charge in [0.05, 0.1) is 26.9 Å². The predicted molar refractivity (Wildman–Crippen MR) is 116 cm³/mol. The van der Waals surface area contributed by atoms with Crippen molar-refractivity contribution < 1.29 is 32.9 Å². The number of likely N-dealkylation sites (tertiary alicyclic amines) is 1. The molecule has 7 nitrogen and oxygen atoms in total. The Labute approximate surface area is 187 Å². The first-order chi connectivity index (χ1) is 15.4. The van der Waals surface area contributed by atoms with E-state index in [1.165, 1.54) is 45.6 Å². The van der Waals surface area contributed by atoms with Crippen molar-refractivity contribution in [2.75, 3.05) is 41.0 Å². The van der Waals surface area contributed by atoms with Crippen LogP contribution in [0.4, 0.5) is 4.39 Å². The van der Waals surface area contributed by atoms with Crippen molar-refractivity contribution in [3.8, 4) is 17.2 Å². The van der Waals surface area contributed by atoms with E-state index in [0.29, 0.717) is 47.8 Å². The Morgan fingerprint density at radius 2 is 1.66 bits per heavy atom. The van der Waals surface area contributed by atoms with Gasteiger partial charge in [-0.05, 0) is 55.8 Å². The molecule has 2 aromatic carbocycles. The lowest BCUT2D eigenvalue weighted by Crippen LogP contribution is -2.26. The summed E-state index contributed by atoms with van der Waals surface area (Å²) in [6, 6.07) is 8.73. The van der Waals surface area contributed by atoms with Gasteiger partial charge in [0.2, 0.25) is 5.75 Å². The van der Waals surface area contributed by atoms with Crippen LogP contribution in [0.3, 0.4) is 0 Å². The van der Waals surface area contributed by atoms with Crippen molar-refractivity contribution in [2.24, 2.45) is 0 Å². The molecule has 1 atom stereocenters. The van der Waals surface area contributed by atoms with Crippen LogP contribution in [0, 0.1) is 5.82 Å². The molecule has 0 unspecified atom stereocenters. The number of nitrogens with zero attached hydrogens (tertiary/aromatic N) is 1. The van der Waals surface area contributed by atoms with E-state index in [0.717, 1.165) is 19.5 Å². The minimum absolute atomic E-state index is 0.00502. The number of hydrogen-bond acceptors (Lipinski definition) is 7. The summed E-state index contributed by atoms with van der Waals surface area (Å²) in [5.74, 6) is 0.368. The Balaban J connectivity index is 1.49. The van der Waals surface area contributed by atoms with Gasteiger partial charge in [0, 0.05) is 25.1 Å². The van der Waals surface area contributed by atoms with Gasteiger partial charge in [-0.15, -0.1) is 0 Å². The van der Waals surface area contributed by atoms with Crippen molar-refractivity contribution in [1.82, 2.24) is 4.90 Å². The molecule has 0 N–H and O–H groups in total. The Morgan fingerprint density at radius 3 is 2.25 bits per heavy atom. The fourth-order valence-electron chi connectivity index (χ4n) is 3.76. The number of rotatable bonds is 10. The van der Waals surface area contributed by atoms with E-state index in [4.69, 9.17) is 18.9 Å². The minimum Gasteiger partial charge on any atom is -0.493 e. The highest BCUT2D eigenvalue weighted by Gasteiger charge is 2.27. The van der Waals surface area contributed by atoms with Gasteiger partial charge < -0.3 is 18.9 Å². The summed E-state index contributed by atoms with van der Waals surface area (Å²) in [5.41, 5.74) is 0.841. The Kier molecular flexibility index (Phi) is 8.05. The van der Waals surface area contributed by atoms with E-state index in [9.17, 15) is 14.0 Å². The van der Waals surface area contributed by atoms with Gasteiger partial charge in [-0.3, -0.25) is 9.69 Å². The van der Waals surface area contributed by atoms with E-state index in [1.54, 1.807) is 12.1 Å². The number of halogens is 1. The van der Waals surface area contributed by atoms with Crippen molar-refractivity contribution in [3.05, 3.63) is 53.3 Å². The largest absolute Gasteiger partial charge is 0.493 e. The highest BCUT2D eigenvalue weighted by molar-refractivity contribution is 5.96. The second-order valence-corrected chi connectivity index (χ2v) is 7.56. The lowest BCUT2D eigenvalue weighted by molar-refractivity contribution is 0.0321. The molecule has 0 radical (unpaired) electrons. The fraction of sp³-hybridized carbons (Fsp3) is 0.417. The summed E-state index contributed by atoms with van der Waals surface area (Å²) in [6.07, 6.45) is 1.57. The van der Waals surface area contributed by atoms with Gasteiger partial charge in [-0.2, -0.15) is 0 Å². The number of esters is 1. The van der Waals surface area contributed by atoms with Crippen molar-refractivity contribution in [1.29, 1.82) is 0 Å². The normalized spacial score (nSPS) is 15.9. The molecule has 0 saturated carbocycles. The number of methoxy groups -OCH3 is 3. The lowest BCUT2D eigenvalue weighted by atomic mass is 10.1. The van der Waals surface area contributed by atoms with E-state index in [-0.39, 0.29) is 17.7 Å². The highest BCUT2D eigenvalue weighted by atomic mass is 19.1. The minimum atomic E-state index is -0.456. The molecular weight excluding hydrogens is 417 g/mol. The Bertz CT molecular complexity index is 921. The second kappa shape index (κ2) is 10.9. The predicted octanol–water partition coefficient (Wildman–Crippen LogP) is 3.75. The monoisotopic (exact) mass is 445 g/mol. The third-order valence-corrected chi connectivity index (χ3v) is 5.45. The lowest BCUT2D eigenvalue weighted by Gasteiger charge is -2.17.